The highest BCUT2D eigenvalue weighted by molar-refractivity contribution is 5.75. The van der Waals surface area contributed by atoms with E-state index in [0.29, 0.717) is 0 Å². The number of hydrogen-bond donors (Lipinski definition) is 1. The van der Waals surface area contributed by atoms with Crippen molar-refractivity contribution in [1.82, 2.24) is 0 Å². The van der Waals surface area contributed by atoms with Crippen LogP contribution in [0.1, 0.15) is 18.4 Å². The number of aliphatic carboxylic acids is 1. The van der Waals surface area contributed by atoms with Gasteiger partial charge in [0.25, 0.3) is 0 Å². The standard InChI is InChI=1S/C10H9F3O3/c1-6(9(14)15)7-3-2-4-8(5-7)16-10(11,12)13/h2-6H,1H3,(H,14,15). The first-order valence-corrected chi connectivity index (χ1v) is 4.38. The molecule has 88 valence electrons. The van der Waals surface area contributed by atoms with Crippen LogP contribution in [0.5, 0.6) is 5.75 Å². The van der Waals surface area contributed by atoms with Crippen LogP contribution in [0.4, 0.5) is 13.2 Å². The maximum Gasteiger partial charge on any atom is 0.573 e. The molecule has 3 nitrogen and oxygen atoms in total. The Hall–Kier alpha value is -1.72. The second-order valence-electron chi connectivity index (χ2n) is 3.18. The van der Waals surface area contributed by atoms with Gasteiger partial charge in [-0.2, -0.15) is 0 Å². The van der Waals surface area contributed by atoms with Crippen LogP contribution in [0.25, 0.3) is 0 Å². The first kappa shape index (κ1) is 12.4. The van der Waals surface area contributed by atoms with Crippen molar-refractivity contribution in [3.63, 3.8) is 0 Å². The van der Waals surface area contributed by atoms with Crippen LogP contribution in [0.15, 0.2) is 24.3 Å². The van der Waals surface area contributed by atoms with Gasteiger partial charge in [-0.25, -0.2) is 0 Å². The van der Waals surface area contributed by atoms with E-state index in [4.69, 9.17) is 5.11 Å². The lowest BCUT2D eigenvalue weighted by Crippen LogP contribution is -2.17. The SMILES string of the molecule is CC(C(=O)O)c1cccc(OC(F)(F)F)c1. The molecular weight excluding hydrogens is 225 g/mol. The zero-order valence-electron chi connectivity index (χ0n) is 8.28. The van der Waals surface area contributed by atoms with E-state index in [9.17, 15) is 18.0 Å². The summed E-state index contributed by atoms with van der Waals surface area (Å²) in [5.41, 5.74) is 0.259. The molecule has 0 saturated carbocycles. The quantitative estimate of drug-likeness (QED) is 0.874. The summed E-state index contributed by atoms with van der Waals surface area (Å²) in [6, 6.07) is 4.93. The molecule has 1 unspecified atom stereocenters. The molecule has 1 N–H and O–H groups in total. The van der Waals surface area contributed by atoms with E-state index >= 15 is 0 Å². The molecule has 0 heterocycles. The summed E-state index contributed by atoms with van der Waals surface area (Å²) in [6.45, 7) is 1.38. The number of carboxylic acids is 1. The fourth-order valence-corrected chi connectivity index (χ4v) is 1.12. The van der Waals surface area contributed by atoms with Gasteiger partial charge in [0.2, 0.25) is 0 Å². The molecule has 0 aliphatic rings. The normalized spacial score (nSPS) is 13.2. The molecule has 0 radical (unpaired) electrons. The number of benzene rings is 1. The van der Waals surface area contributed by atoms with Crippen molar-refractivity contribution in [3.8, 4) is 5.75 Å². The first-order chi connectivity index (χ1) is 7.29. The lowest BCUT2D eigenvalue weighted by molar-refractivity contribution is -0.274. The van der Waals surface area contributed by atoms with E-state index in [1.54, 1.807) is 0 Å². The van der Waals surface area contributed by atoms with Crippen molar-refractivity contribution < 1.29 is 27.8 Å². The summed E-state index contributed by atoms with van der Waals surface area (Å²) in [4.78, 5) is 10.6. The van der Waals surface area contributed by atoms with Crippen molar-refractivity contribution in [2.75, 3.05) is 0 Å². The predicted octanol–water partition coefficient (Wildman–Crippen LogP) is 2.77. The minimum atomic E-state index is -4.77. The maximum atomic E-state index is 11.9. The Morgan fingerprint density at radius 3 is 2.56 bits per heavy atom. The minimum absolute atomic E-state index is 0.259. The third kappa shape index (κ3) is 3.45. The molecule has 0 fully saturated rings. The third-order valence-corrected chi connectivity index (χ3v) is 1.96. The summed E-state index contributed by atoms with van der Waals surface area (Å²) >= 11 is 0. The highest BCUT2D eigenvalue weighted by atomic mass is 19.4. The minimum Gasteiger partial charge on any atom is -0.481 e. The Kier molecular flexibility index (Phi) is 3.41. The fraction of sp³-hybridized carbons (Fsp3) is 0.300. The summed E-state index contributed by atoms with van der Waals surface area (Å²) < 4.78 is 39.4. The van der Waals surface area contributed by atoms with Gasteiger partial charge in [-0.15, -0.1) is 13.2 Å². The number of ether oxygens (including phenoxy) is 1. The van der Waals surface area contributed by atoms with Gasteiger partial charge in [0.15, 0.2) is 0 Å². The van der Waals surface area contributed by atoms with Crippen LogP contribution >= 0.6 is 0 Å². The highest BCUT2D eigenvalue weighted by Gasteiger charge is 2.31. The van der Waals surface area contributed by atoms with Crippen LogP contribution in [-0.4, -0.2) is 17.4 Å². The lowest BCUT2D eigenvalue weighted by Gasteiger charge is -2.11. The van der Waals surface area contributed by atoms with Crippen LogP contribution in [0.2, 0.25) is 0 Å². The molecule has 1 aromatic rings. The number of rotatable bonds is 3. The van der Waals surface area contributed by atoms with E-state index < -0.39 is 24.0 Å². The zero-order chi connectivity index (χ0) is 12.3. The van der Waals surface area contributed by atoms with Crippen molar-refractivity contribution in [2.24, 2.45) is 0 Å². The zero-order valence-corrected chi connectivity index (χ0v) is 8.28. The second kappa shape index (κ2) is 4.42. The van der Waals surface area contributed by atoms with Crippen LogP contribution in [0, 0.1) is 0 Å². The van der Waals surface area contributed by atoms with Crippen molar-refractivity contribution in [2.45, 2.75) is 19.2 Å². The molecule has 0 aromatic heterocycles. The summed E-state index contributed by atoms with van der Waals surface area (Å²) in [6.07, 6.45) is -4.77. The molecule has 0 bridgehead atoms. The second-order valence-corrected chi connectivity index (χ2v) is 3.18. The topological polar surface area (TPSA) is 46.5 Å². The Labute approximate surface area is 89.5 Å². The van der Waals surface area contributed by atoms with Crippen LogP contribution in [0.3, 0.4) is 0 Å². The Morgan fingerprint density at radius 1 is 1.44 bits per heavy atom. The van der Waals surface area contributed by atoms with Crippen LogP contribution < -0.4 is 4.74 Å². The maximum absolute atomic E-state index is 11.9. The number of carbonyl (C=O) groups is 1. The molecule has 0 spiro atoms. The van der Waals surface area contributed by atoms with Crippen molar-refractivity contribution in [1.29, 1.82) is 0 Å². The molecule has 1 rings (SSSR count). The Balaban J connectivity index is 2.91. The van der Waals surface area contributed by atoms with Gasteiger partial charge in [0.1, 0.15) is 5.75 Å². The van der Waals surface area contributed by atoms with Gasteiger partial charge in [0.05, 0.1) is 5.92 Å². The van der Waals surface area contributed by atoms with Gasteiger partial charge in [0, 0.05) is 0 Å². The smallest absolute Gasteiger partial charge is 0.481 e. The number of carboxylic acid groups (broad SMARTS) is 1. The summed E-state index contributed by atoms with van der Waals surface area (Å²) in [5, 5.41) is 8.70. The molecule has 0 aliphatic heterocycles. The molecule has 1 atom stereocenters. The first-order valence-electron chi connectivity index (χ1n) is 4.38. The molecule has 0 aliphatic carbocycles. The monoisotopic (exact) mass is 234 g/mol. The predicted molar refractivity (Wildman–Crippen MR) is 49.2 cm³/mol. The van der Waals surface area contributed by atoms with E-state index in [0.717, 1.165) is 12.1 Å². The largest absolute Gasteiger partial charge is 0.573 e. The van der Waals surface area contributed by atoms with E-state index in [1.165, 1.54) is 19.1 Å². The molecular formula is C10H9F3O3. The lowest BCUT2D eigenvalue weighted by atomic mass is 10.0. The average molecular weight is 234 g/mol. The van der Waals surface area contributed by atoms with Gasteiger partial charge in [-0.1, -0.05) is 12.1 Å². The number of halogens is 3. The summed E-state index contributed by atoms with van der Waals surface area (Å²) in [7, 11) is 0. The molecule has 0 amide bonds. The van der Waals surface area contributed by atoms with Gasteiger partial charge in [-0.3, -0.25) is 4.79 Å². The van der Waals surface area contributed by atoms with E-state index in [1.807, 2.05) is 0 Å². The van der Waals surface area contributed by atoms with Crippen LogP contribution in [-0.2, 0) is 4.79 Å². The number of hydrogen-bond acceptors (Lipinski definition) is 2. The average Bonchev–Trinajstić information content (AvgIpc) is 2.14. The van der Waals surface area contributed by atoms with Gasteiger partial charge in [-0.05, 0) is 24.6 Å². The molecule has 1 aromatic carbocycles. The third-order valence-electron chi connectivity index (χ3n) is 1.96. The molecule has 0 saturated heterocycles. The summed E-state index contributed by atoms with van der Waals surface area (Å²) in [5.74, 6) is -2.40. The highest BCUT2D eigenvalue weighted by Crippen LogP contribution is 2.26. The molecule has 16 heavy (non-hydrogen) atoms. The van der Waals surface area contributed by atoms with Crippen molar-refractivity contribution in [3.05, 3.63) is 29.8 Å². The van der Waals surface area contributed by atoms with E-state index in [2.05, 4.69) is 4.74 Å². The van der Waals surface area contributed by atoms with Gasteiger partial charge >= 0.3 is 12.3 Å². The number of alkyl halides is 3. The molecule has 6 heteroatoms. The fourth-order valence-electron chi connectivity index (χ4n) is 1.12. The van der Waals surface area contributed by atoms with Gasteiger partial charge < -0.3 is 9.84 Å². The van der Waals surface area contributed by atoms with Crippen molar-refractivity contribution >= 4 is 5.97 Å². The Bertz CT molecular complexity index is 387. The Morgan fingerprint density at radius 2 is 2.06 bits per heavy atom. The van der Waals surface area contributed by atoms with E-state index in [-0.39, 0.29) is 5.56 Å².